The second-order valence-electron chi connectivity index (χ2n) is 6.30. The Morgan fingerprint density at radius 3 is 2.40 bits per heavy atom. The van der Waals surface area contributed by atoms with E-state index in [0.29, 0.717) is 17.9 Å². The quantitative estimate of drug-likeness (QED) is 0.699. The van der Waals surface area contributed by atoms with Crippen LogP contribution >= 0.6 is 11.6 Å². The van der Waals surface area contributed by atoms with Crippen molar-refractivity contribution in [3.8, 4) is 0 Å². The van der Waals surface area contributed by atoms with Crippen molar-refractivity contribution < 1.29 is 19.5 Å². The molecule has 1 aromatic rings. The van der Waals surface area contributed by atoms with E-state index in [1.54, 1.807) is 18.2 Å². The summed E-state index contributed by atoms with van der Waals surface area (Å²) in [6, 6.07) is 4.52. The van der Waals surface area contributed by atoms with Gasteiger partial charge in [-0.2, -0.15) is 0 Å². The maximum absolute atomic E-state index is 12.6. The Hall–Kier alpha value is -2.34. The lowest BCUT2D eigenvalue weighted by molar-refractivity contribution is -0.146. The molecule has 25 heavy (non-hydrogen) atoms. The van der Waals surface area contributed by atoms with Crippen molar-refractivity contribution in [1.82, 2.24) is 5.32 Å². The van der Waals surface area contributed by atoms with Crippen molar-refractivity contribution in [2.45, 2.75) is 32.7 Å². The first-order valence-corrected chi connectivity index (χ1v) is 8.46. The molecule has 1 aliphatic carbocycles. The maximum atomic E-state index is 12.6. The standard InChI is InChI=1S/C18H21ClN2O4/c1-10(2)20-17(23)14-8-7-11(19)9-15(14)21-16(22)12-5-3-4-6-13(12)18(24)25/h3-4,7-10,12-13H,5-6H2,1-2H3,(H,20,23)(H,21,22)(H,24,25)/t12-,13+/m1/s1. The molecule has 6 nitrogen and oxygen atoms in total. The summed E-state index contributed by atoms with van der Waals surface area (Å²) < 4.78 is 0. The van der Waals surface area contributed by atoms with E-state index in [0.717, 1.165) is 0 Å². The number of halogens is 1. The van der Waals surface area contributed by atoms with E-state index >= 15 is 0 Å². The number of anilines is 1. The highest BCUT2D eigenvalue weighted by Crippen LogP contribution is 2.29. The van der Waals surface area contributed by atoms with Crippen LogP contribution in [0.1, 0.15) is 37.0 Å². The molecule has 1 aliphatic rings. The Balaban J connectivity index is 2.25. The smallest absolute Gasteiger partial charge is 0.307 e. The number of rotatable bonds is 5. The summed E-state index contributed by atoms with van der Waals surface area (Å²) in [7, 11) is 0. The van der Waals surface area contributed by atoms with Gasteiger partial charge in [0.05, 0.1) is 23.1 Å². The van der Waals surface area contributed by atoms with Crippen LogP contribution in [0.3, 0.4) is 0 Å². The van der Waals surface area contributed by atoms with Crippen LogP contribution in [0.25, 0.3) is 0 Å². The number of aliphatic carboxylic acids is 1. The first-order chi connectivity index (χ1) is 11.8. The molecule has 3 N–H and O–H groups in total. The van der Waals surface area contributed by atoms with Crippen molar-refractivity contribution in [2.24, 2.45) is 11.8 Å². The molecular weight excluding hydrogens is 344 g/mol. The molecule has 7 heteroatoms. The van der Waals surface area contributed by atoms with E-state index in [2.05, 4.69) is 10.6 Å². The molecule has 134 valence electrons. The largest absolute Gasteiger partial charge is 0.481 e. The second-order valence-corrected chi connectivity index (χ2v) is 6.74. The molecule has 0 spiro atoms. The summed E-state index contributed by atoms with van der Waals surface area (Å²) >= 11 is 5.99. The number of carbonyl (C=O) groups excluding carboxylic acids is 2. The van der Waals surface area contributed by atoms with Gasteiger partial charge in [0.25, 0.3) is 5.91 Å². The molecule has 0 heterocycles. The van der Waals surface area contributed by atoms with Crippen LogP contribution in [0, 0.1) is 11.8 Å². The maximum Gasteiger partial charge on any atom is 0.307 e. The minimum absolute atomic E-state index is 0.0633. The number of nitrogens with one attached hydrogen (secondary N) is 2. The third-order valence-corrected chi connectivity index (χ3v) is 4.23. The molecule has 0 bridgehead atoms. The van der Waals surface area contributed by atoms with Crippen molar-refractivity contribution in [3.05, 3.63) is 40.9 Å². The number of allylic oxidation sites excluding steroid dienone is 2. The third kappa shape index (κ3) is 4.82. The molecule has 2 rings (SSSR count). The number of hydrogen-bond donors (Lipinski definition) is 3. The number of hydrogen-bond acceptors (Lipinski definition) is 3. The Labute approximate surface area is 151 Å². The zero-order valence-electron chi connectivity index (χ0n) is 14.1. The molecular formula is C18H21ClN2O4. The van der Waals surface area contributed by atoms with Crippen LogP contribution < -0.4 is 10.6 Å². The van der Waals surface area contributed by atoms with Crippen LogP contribution in [0.5, 0.6) is 0 Å². The molecule has 0 aliphatic heterocycles. The molecule has 2 atom stereocenters. The van der Waals surface area contributed by atoms with Gasteiger partial charge >= 0.3 is 5.97 Å². The molecule has 2 amide bonds. The number of carboxylic acids is 1. The fourth-order valence-corrected chi connectivity index (χ4v) is 2.93. The Morgan fingerprint density at radius 2 is 1.80 bits per heavy atom. The van der Waals surface area contributed by atoms with E-state index in [4.69, 9.17) is 11.6 Å². The lowest BCUT2D eigenvalue weighted by Gasteiger charge is -2.24. The molecule has 0 saturated heterocycles. The number of carboxylic acid groups (broad SMARTS) is 1. The number of carbonyl (C=O) groups is 3. The van der Waals surface area contributed by atoms with Crippen LogP contribution in [0.4, 0.5) is 5.69 Å². The average Bonchev–Trinajstić information content (AvgIpc) is 2.54. The second kappa shape index (κ2) is 8.16. The Bertz CT molecular complexity index is 715. The van der Waals surface area contributed by atoms with Gasteiger partial charge in [-0.3, -0.25) is 14.4 Å². The van der Waals surface area contributed by atoms with Gasteiger partial charge in [0.1, 0.15) is 0 Å². The summed E-state index contributed by atoms with van der Waals surface area (Å²) in [6.07, 6.45) is 4.22. The lowest BCUT2D eigenvalue weighted by atomic mass is 9.82. The highest BCUT2D eigenvalue weighted by atomic mass is 35.5. The van der Waals surface area contributed by atoms with Crippen molar-refractivity contribution in [2.75, 3.05) is 5.32 Å². The molecule has 0 saturated carbocycles. The van der Waals surface area contributed by atoms with E-state index in [-0.39, 0.29) is 23.2 Å². The van der Waals surface area contributed by atoms with Gasteiger partial charge in [-0.15, -0.1) is 0 Å². The minimum atomic E-state index is -1.01. The van der Waals surface area contributed by atoms with Crippen molar-refractivity contribution >= 4 is 35.1 Å². The normalized spacial score (nSPS) is 19.5. The van der Waals surface area contributed by atoms with Gasteiger partial charge in [-0.25, -0.2) is 0 Å². The van der Waals surface area contributed by atoms with Crippen LogP contribution in [0.15, 0.2) is 30.4 Å². The van der Waals surface area contributed by atoms with Gasteiger partial charge < -0.3 is 15.7 Å². The monoisotopic (exact) mass is 364 g/mol. The van der Waals surface area contributed by atoms with Crippen LogP contribution in [-0.4, -0.2) is 28.9 Å². The third-order valence-electron chi connectivity index (χ3n) is 3.99. The highest BCUT2D eigenvalue weighted by molar-refractivity contribution is 6.31. The van der Waals surface area contributed by atoms with Crippen LogP contribution in [-0.2, 0) is 9.59 Å². The predicted octanol–water partition coefficient (Wildman–Crippen LogP) is 3.08. The van der Waals surface area contributed by atoms with Crippen LogP contribution in [0.2, 0.25) is 5.02 Å². The molecule has 0 fully saturated rings. The first kappa shape index (κ1) is 19.0. The molecule has 0 unspecified atom stereocenters. The SMILES string of the molecule is CC(C)NC(=O)c1ccc(Cl)cc1NC(=O)[C@@H]1CC=CC[C@@H]1C(=O)O. The van der Waals surface area contributed by atoms with Gasteiger partial charge in [-0.05, 0) is 44.9 Å². The fourth-order valence-electron chi connectivity index (χ4n) is 2.76. The van der Waals surface area contributed by atoms with Crippen molar-refractivity contribution in [1.29, 1.82) is 0 Å². The molecule has 0 radical (unpaired) electrons. The van der Waals surface area contributed by atoms with E-state index < -0.39 is 23.7 Å². The Morgan fingerprint density at radius 1 is 1.16 bits per heavy atom. The van der Waals surface area contributed by atoms with Gasteiger partial charge in [0.2, 0.25) is 5.91 Å². The summed E-state index contributed by atoms with van der Waals surface area (Å²) in [5, 5.41) is 15.1. The first-order valence-electron chi connectivity index (χ1n) is 8.08. The highest BCUT2D eigenvalue weighted by Gasteiger charge is 2.34. The van der Waals surface area contributed by atoms with E-state index in [1.807, 2.05) is 13.8 Å². The Kier molecular flexibility index (Phi) is 6.20. The predicted molar refractivity (Wildman–Crippen MR) is 95.7 cm³/mol. The minimum Gasteiger partial charge on any atom is -0.481 e. The number of amides is 2. The molecule has 0 aromatic heterocycles. The summed E-state index contributed by atoms with van der Waals surface area (Å²) in [4.78, 5) is 36.3. The summed E-state index contributed by atoms with van der Waals surface area (Å²) in [5.41, 5.74) is 0.555. The van der Waals surface area contributed by atoms with Gasteiger partial charge in [0.15, 0.2) is 0 Å². The summed E-state index contributed by atoms with van der Waals surface area (Å²) in [5.74, 6) is -3.24. The zero-order chi connectivity index (χ0) is 18.6. The summed E-state index contributed by atoms with van der Waals surface area (Å²) in [6.45, 7) is 3.66. The molecule has 1 aromatic carbocycles. The number of benzene rings is 1. The van der Waals surface area contributed by atoms with Gasteiger partial charge in [-0.1, -0.05) is 23.8 Å². The average molecular weight is 365 g/mol. The van der Waals surface area contributed by atoms with E-state index in [1.165, 1.54) is 12.1 Å². The lowest BCUT2D eigenvalue weighted by Crippen LogP contribution is -2.36. The van der Waals surface area contributed by atoms with E-state index in [9.17, 15) is 19.5 Å². The topological polar surface area (TPSA) is 95.5 Å². The fraction of sp³-hybridized carbons (Fsp3) is 0.389. The zero-order valence-corrected chi connectivity index (χ0v) is 14.8. The van der Waals surface area contributed by atoms with Crippen molar-refractivity contribution in [3.63, 3.8) is 0 Å². The van der Waals surface area contributed by atoms with Gasteiger partial charge in [0, 0.05) is 11.1 Å².